The van der Waals surface area contributed by atoms with Crippen molar-refractivity contribution in [1.82, 2.24) is 24.9 Å². The van der Waals surface area contributed by atoms with Crippen molar-refractivity contribution < 1.29 is 222 Å². The van der Waals surface area contributed by atoms with E-state index in [0.29, 0.717) is 131 Å². The molecule has 112 heavy (non-hydrogen) atoms. The number of hydrogen-bond acceptors (Lipinski definition) is 23. The van der Waals surface area contributed by atoms with Gasteiger partial charge in [0.1, 0.15) is 40.2 Å². The summed E-state index contributed by atoms with van der Waals surface area (Å²) in [7, 11) is -1.31. The molecule has 10 aromatic rings. The van der Waals surface area contributed by atoms with E-state index >= 15 is 0 Å². The summed E-state index contributed by atoms with van der Waals surface area (Å²) in [4.78, 5) is 79.9. The molecule has 5 aromatic heterocycles. The first kappa shape index (κ1) is 103. The summed E-state index contributed by atoms with van der Waals surface area (Å²) in [6, 6.07) is 41.7. The maximum Gasteiger partial charge on any atom is 1.00 e. The number of aromatic nitrogens is 5. The number of aromatic hydroxyl groups is 1. The second kappa shape index (κ2) is 52.8. The van der Waals surface area contributed by atoms with Gasteiger partial charge < -0.3 is 70.8 Å². The number of rotatable bonds is 13. The Kier molecular flexibility index (Phi) is 48.4. The van der Waals surface area contributed by atoms with E-state index in [1.165, 1.54) is 43.1 Å². The molecule has 1 saturated heterocycles. The molecule has 0 spiro atoms. The standard InChI is InChI=1S/C19H19BN2O4.2C13H9BN2O3.C13H7BrN2O2.C7H5BrO2.C6H3ClN2.CH2O3.CH4O.B.ClH.2K.Na.2H/c1-18(2)19(3,4)26-20(25-18)16-8-7-15(10-13(16)12-23)24-17-9-6-14(21-5)11-22-17;2*1-15-10-2-5-13(16-7-10)19-11-3-4-12-9(6-11)8-18-14(12)17;1-15-10-2-5-13(16-7-10)18-11-3-4-12(14)9(6-11)8-17;8-7-2-1-6(10)3-5(7)4-9;1-8-5-2-3-6(7)9-4-5;2-1-4-3;1-2;;;;;;;/h6-12H,1-4H3;2*2-7,17H,8H2;2-8H;1-4,10H;2-4H;1,3H;2H,1H3;;1H;;;;;/q;;;;;;;;;;3*+1;2*-1/p-1. The van der Waals surface area contributed by atoms with Crippen LogP contribution in [0.25, 0.3) is 24.2 Å². The molecule has 0 aliphatic carbocycles. The van der Waals surface area contributed by atoms with Gasteiger partial charge in [-0.15, -0.1) is 12.4 Å². The van der Waals surface area contributed by atoms with Crippen LogP contribution in [-0.4, -0.2) is 119 Å². The van der Waals surface area contributed by atoms with Gasteiger partial charge in [0, 0.05) is 72.1 Å². The Morgan fingerprint density at radius 1 is 0.491 bits per heavy atom. The van der Waals surface area contributed by atoms with Crippen molar-refractivity contribution in [2.45, 2.75) is 52.1 Å². The molecule has 39 heteroatoms. The summed E-state index contributed by atoms with van der Waals surface area (Å²) in [5, 5.41) is 43.8. The summed E-state index contributed by atoms with van der Waals surface area (Å²) in [6.07, 6.45) is 9.41. The van der Waals surface area contributed by atoms with Crippen molar-refractivity contribution in [2.24, 2.45) is 0 Å². The van der Waals surface area contributed by atoms with Gasteiger partial charge in [-0.1, -0.05) is 67.7 Å². The fraction of sp³-hybridized carbons (Fsp3) is 0.123. The van der Waals surface area contributed by atoms with Gasteiger partial charge in [-0.2, -0.15) is 0 Å². The van der Waals surface area contributed by atoms with Gasteiger partial charge in [0.2, 0.25) is 52.0 Å². The first-order valence-electron chi connectivity index (χ1n) is 30.7. The van der Waals surface area contributed by atoms with E-state index in [0.717, 1.165) is 41.7 Å². The molecule has 3 aliphatic rings. The van der Waals surface area contributed by atoms with Crippen LogP contribution in [0.2, 0.25) is 5.15 Å². The van der Waals surface area contributed by atoms with E-state index in [9.17, 15) is 24.4 Å². The molecule has 1 fully saturated rings. The number of halogens is 4. The molecule has 553 valence electrons. The number of carbonyl (C=O) groups is 4. The molecule has 5 aromatic carbocycles. The molecule has 0 unspecified atom stereocenters. The molecule has 3 aliphatic heterocycles. The summed E-state index contributed by atoms with van der Waals surface area (Å²) in [5.74, 6) is 3.90. The Bertz CT molecular complexity index is 4810. The third-order valence-corrected chi connectivity index (χ3v) is 16.3. The fourth-order valence-electron chi connectivity index (χ4n) is 8.65. The van der Waals surface area contributed by atoms with Crippen molar-refractivity contribution in [1.29, 1.82) is 0 Å². The Morgan fingerprint density at radius 3 is 1.10 bits per heavy atom. The van der Waals surface area contributed by atoms with Crippen LogP contribution in [0.1, 0.15) is 72.7 Å². The van der Waals surface area contributed by atoms with E-state index < -0.39 is 32.6 Å². The second-order valence-electron chi connectivity index (χ2n) is 22.1. The first-order valence-corrected chi connectivity index (χ1v) is 32.6. The number of ether oxygens (including phenoxy) is 4. The average Bonchev–Trinajstić information content (AvgIpc) is 1.62. The minimum atomic E-state index is -0.847. The molecular formula is C73H60B4Br2Cl2K2N10NaO18. The molecule has 8 heterocycles. The number of phenols is 1. The predicted octanol–water partition coefficient (Wildman–Crippen LogP) is 4.40. The van der Waals surface area contributed by atoms with Crippen LogP contribution < -0.4 is 173 Å². The van der Waals surface area contributed by atoms with Crippen LogP contribution >= 0.6 is 55.9 Å². The second-order valence-corrected chi connectivity index (χ2v) is 24.2. The third-order valence-electron chi connectivity index (χ3n) is 14.6. The number of benzene rings is 5. The van der Waals surface area contributed by atoms with Crippen LogP contribution in [0.5, 0.6) is 52.3 Å². The number of nitrogens with zero attached hydrogens (tertiary/aromatic N) is 10. The number of aliphatic hydroxyl groups is 1. The monoisotopic (exact) mass is 1740 g/mol. The number of hydrogen-bond donors (Lipinski definition) is 4. The molecule has 0 saturated carbocycles. The van der Waals surface area contributed by atoms with Crippen molar-refractivity contribution in [2.75, 3.05) is 7.11 Å². The quantitative estimate of drug-likeness (QED) is 0.0310. The zero-order chi connectivity index (χ0) is 78.1. The topological polar surface area (TPSA) is 342 Å². The molecule has 0 bridgehead atoms. The van der Waals surface area contributed by atoms with Gasteiger partial charge in [0.25, 0.3) is 6.47 Å². The van der Waals surface area contributed by atoms with Gasteiger partial charge in [-0.05, 0) is 183 Å². The Hall–Kier alpha value is -7.47. The SMILES string of the molecule is CO.Cl.O=CO[O-].O=Cc1cc(O)ccc1Br.[B].[C-]#[N+]c1ccc(Cl)nc1.[C-]#[N+]c1ccc(Oc2ccc(B3OC(C)(C)C(C)(C)O3)c(C=O)c2)nc1.[C-]#[N+]c1ccc(Oc2ccc(Br)c(C=O)c2)nc1.[C-]#[N+]c1ccc(Oc2ccc3c(c2)COB3O)nc1.[C-]#[N+]c1ccc(Oc2ccc3c(c2)COB3O)nc1.[H-].[H-].[K+].[K+].[Na+]. The van der Waals surface area contributed by atoms with Crippen LogP contribution in [0, 0.1) is 32.9 Å². The number of pyridine rings is 5. The largest absolute Gasteiger partial charge is 1.00 e. The zero-order valence-electron chi connectivity index (χ0n) is 62.9. The number of fused-ring (bicyclic) bond motifs is 2. The van der Waals surface area contributed by atoms with Gasteiger partial charge in [-0.3, -0.25) is 24.2 Å². The van der Waals surface area contributed by atoms with Crippen molar-refractivity contribution in [3.63, 3.8) is 0 Å². The number of aliphatic hydroxyl groups excluding tert-OH is 1. The average molecular weight is 1740 g/mol. The molecule has 0 amide bonds. The summed E-state index contributed by atoms with van der Waals surface area (Å²) >= 11 is 11.9. The fourth-order valence-corrected chi connectivity index (χ4v) is 9.45. The Morgan fingerprint density at radius 2 is 0.795 bits per heavy atom. The molecule has 13 rings (SSSR count). The van der Waals surface area contributed by atoms with Gasteiger partial charge >= 0.3 is 154 Å². The Labute approximate surface area is 786 Å². The summed E-state index contributed by atoms with van der Waals surface area (Å²) < 4.78 is 46.0. The molecule has 4 N–H and O–H groups in total. The number of carbonyl (C=O) groups excluding carboxylic acids is 4. The van der Waals surface area contributed by atoms with Gasteiger partial charge in [0.05, 0.1) is 57.3 Å². The predicted molar refractivity (Wildman–Crippen MR) is 414 cm³/mol. The molecule has 28 nitrogen and oxygen atoms in total. The Balaban J connectivity index is 0. The molecule has 0 atom stereocenters. The maximum atomic E-state index is 11.6. The van der Waals surface area contributed by atoms with Crippen molar-refractivity contribution >= 4 is 156 Å². The molecule has 3 radical (unpaired) electrons. The van der Waals surface area contributed by atoms with E-state index in [1.807, 2.05) is 39.8 Å². The maximum absolute atomic E-state index is 11.6. The third kappa shape index (κ3) is 32.1. The molecular weight excluding hydrogens is 1680 g/mol. The van der Waals surface area contributed by atoms with Gasteiger partial charge in [-0.25, -0.2) is 44.2 Å². The van der Waals surface area contributed by atoms with Crippen LogP contribution in [0.4, 0.5) is 28.4 Å². The van der Waals surface area contributed by atoms with Crippen molar-refractivity contribution in [3.8, 4) is 52.3 Å². The van der Waals surface area contributed by atoms with E-state index in [-0.39, 0.29) is 168 Å². The first-order chi connectivity index (χ1) is 51.5. The smallest absolute Gasteiger partial charge is 1.00 e. The van der Waals surface area contributed by atoms with Gasteiger partial charge in [0.15, 0.2) is 12.6 Å². The van der Waals surface area contributed by atoms with Crippen LogP contribution in [0.15, 0.2) is 192 Å². The van der Waals surface area contributed by atoms with Crippen molar-refractivity contribution in [3.05, 3.63) is 282 Å². The number of phenolic OH excluding ortho intramolecular Hbond substituents is 1. The minimum Gasteiger partial charge on any atom is -1.00 e. The van der Waals surface area contributed by atoms with E-state index in [1.54, 1.807) is 127 Å². The zero-order valence-corrected chi connectivity index (χ0v) is 73.9. The van der Waals surface area contributed by atoms with Crippen LogP contribution in [-0.2, 0) is 41.5 Å². The van der Waals surface area contributed by atoms with E-state index in [2.05, 4.69) is 85.9 Å². The van der Waals surface area contributed by atoms with Crippen LogP contribution in [0.3, 0.4) is 0 Å². The normalized spacial score (nSPS) is 11.8. The summed E-state index contributed by atoms with van der Waals surface area (Å²) in [6.45, 7) is 42.4. The van der Waals surface area contributed by atoms with E-state index in [4.69, 9.17) is 102 Å². The number of aldehydes is 3. The minimum absolute atomic E-state index is 0. The summed E-state index contributed by atoms with van der Waals surface area (Å²) in [5.41, 5.74) is 6.76.